The van der Waals surface area contributed by atoms with Gasteiger partial charge in [-0.15, -0.1) is 0 Å². The summed E-state index contributed by atoms with van der Waals surface area (Å²) in [6, 6.07) is 4.38. The van der Waals surface area contributed by atoms with Crippen molar-refractivity contribution in [3.63, 3.8) is 0 Å². The SMILES string of the molecule is COc1ccc(S(=O)O)cc1NC(C)=O. The molecular formula is C9H11NO4S. The summed E-state index contributed by atoms with van der Waals surface area (Å²) in [7, 11) is 1.45. The molecule has 0 spiro atoms. The van der Waals surface area contributed by atoms with Crippen molar-refractivity contribution < 1.29 is 18.3 Å². The van der Waals surface area contributed by atoms with Gasteiger partial charge in [0.25, 0.3) is 0 Å². The number of nitrogens with one attached hydrogen (secondary N) is 1. The largest absolute Gasteiger partial charge is 0.495 e. The molecule has 15 heavy (non-hydrogen) atoms. The minimum Gasteiger partial charge on any atom is -0.495 e. The molecule has 0 aliphatic carbocycles. The lowest BCUT2D eigenvalue weighted by Crippen LogP contribution is -2.07. The Balaban J connectivity index is 3.12. The van der Waals surface area contributed by atoms with E-state index in [9.17, 15) is 9.00 Å². The highest BCUT2D eigenvalue weighted by Crippen LogP contribution is 2.26. The van der Waals surface area contributed by atoms with E-state index < -0.39 is 11.1 Å². The van der Waals surface area contributed by atoms with Crippen LogP contribution >= 0.6 is 0 Å². The maximum Gasteiger partial charge on any atom is 0.221 e. The molecule has 0 bridgehead atoms. The molecule has 1 atom stereocenters. The zero-order valence-corrected chi connectivity index (χ0v) is 9.13. The van der Waals surface area contributed by atoms with Crippen LogP contribution in [0.25, 0.3) is 0 Å². The van der Waals surface area contributed by atoms with Crippen molar-refractivity contribution in [3.8, 4) is 5.75 Å². The number of hydrogen-bond acceptors (Lipinski definition) is 3. The first-order valence-electron chi connectivity index (χ1n) is 4.11. The van der Waals surface area contributed by atoms with E-state index in [1.807, 2.05) is 0 Å². The number of amides is 1. The summed E-state index contributed by atoms with van der Waals surface area (Å²) in [6.07, 6.45) is 0. The van der Waals surface area contributed by atoms with E-state index in [1.54, 1.807) is 0 Å². The van der Waals surface area contributed by atoms with E-state index in [2.05, 4.69) is 5.32 Å². The second kappa shape index (κ2) is 4.90. The van der Waals surface area contributed by atoms with Gasteiger partial charge in [-0.3, -0.25) is 4.79 Å². The van der Waals surface area contributed by atoms with E-state index in [0.29, 0.717) is 11.4 Å². The van der Waals surface area contributed by atoms with Crippen molar-refractivity contribution in [1.29, 1.82) is 0 Å². The van der Waals surface area contributed by atoms with Crippen molar-refractivity contribution in [2.45, 2.75) is 11.8 Å². The topological polar surface area (TPSA) is 75.6 Å². The minimum atomic E-state index is -2.07. The highest BCUT2D eigenvalue weighted by molar-refractivity contribution is 7.79. The molecule has 0 fully saturated rings. The van der Waals surface area contributed by atoms with Crippen LogP contribution in [-0.2, 0) is 15.9 Å². The van der Waals surface area contributed by atoms with Crippen molar-refractivity contribution in [1.82, 2.24) is 0 Å². The summed E-state index contributed by atoms with van der Waals surface area (Å²) in [5.74, 6) is 0.175. The highest BCUT2D eigenvalue weighted by atomic mass is 32.2. The Labute approximate surface area is 89.7 Å². The number of carbonyl (C=O) groups is 1. The number of carbonyl (C=O) groups excluding carboxylic acids is 1. The van der Waals surface area contributed by atoms with Crippen LogP contribution in [0.4, 0.5) is 5.69 Å². The molecule has 5 nitrogen and oxygen atoms in total. The fourth-order valence-electron chi connectivity index (χ4n) is 1.08. The highest BCUT2D eigenvalue weighted by Gasteiger charge is 2.08. The van der Waals surface area contributed by atoms with Gasteiger partial charge >= 0.3 is 0 Å². The van der Waals surface area contributed by atoms with Crippen LogP contribution in [0.15, 0.2) is 23.1 Å². The molecule has 0 aliphatic rings. The molecule has 1 rings (SSSR count). The molecule has 0 heterocycles. The van der Waals surface area contributed by atoms with Gasteiger partial charge in [0.1, 0.15) is 5.75 Å². The molecule has 0 aliphatic heterocycles. The van der Waals surface area contributed by atoms with E-state index in [4.69, 9.17) is 9.29 Å². The van der Waals surface area contributed by atoms with Crippen LogP contribution in [-0.4, -0.2) is 21.8 Å². The van der Waals surface area contributed by atoms with Gasteiger partial charge in [0.05, 0.1) is 17.7 Å². The predicted molar refractivity (Wildman–Crippen MR) is 56.3 cm³/mol. The van der Waals surface area contributed by atoms with Crippen LogP contribution < -0.4 is 10.1 Å². The fourth-order valence-corrected chi connectivity index (χ4v) is 1.49. The first-order valence-corrected chi connectivity index (χ1v) is 5.21. The van der Waals surface area contributed by atoms with Gasteiger partial charge in [-0.05, 0) is 18.2 Å². The number of anilines is 1. The molecule has 1 aromatic rings. The van der Waals surface area contributed by atoms with Gasteiger partial charge in [0, 0.05) is 6.92 Å². The van der Waals surface area contributed by atoms with Gasteiger partial charge in [-0.25, -0.2) is 4.21 Å². The summed E-state index contributed by atoms with van der Waals surface area (Å²) in [5, 5.41) is 2.51. The maximum absolute atomic E-state index is 10.9. The molecule has 2 N–H and O–H groups in total. The van der Waals surface area contributed by atoms with Crippen molar-refractivity contribution in [2.24, 2.45) is 0 Å². The van der Waals surface area contributed by atoms with Gasteiger partial charge in [0.15, 0.2) is 11.1 Å². The van der Waals surface area contributed by atoms with Crippen molar-refractivity contribution in [3.05, 3.63) is 18.2 Å². The Morgan fingerprint density at radius 2 is 2.20 bits per heavy atom. The maximum atomic E-state index is 10.9. The molecule has 82 valence electrons. The van der Waals surface area contributed by atoms with E-state index in [1.165, 1.54) is 32.2 Å². The zero-order chi connectivity index (χ0) is 11.4. The normalized spacial score (nSPS) is 11.9. The van der Waals surface area contributed by atoms with Gasteiger partial charge in [-0.2, -0.15) is 0 Å². The number of benzene rings is 1. The summed E-state index contributed by atoms with van der Waals surface area (Å²) >= 11 is -2.07. The average molecular weight is 229 g/mol. The van der Waals surface area contributed by atoms with Crippen LogP contribution in [0.1, 0.15) is 6.92 Å². The monoisotopic (exact) mass is 229 g/mol. The minimum absolute atomic E-state index is 0.208. The second-order valence-electron chi connectivity index (χ2n) is 2.79. The zero-order valence-electron chi connectivity index (χ0n) is 8.31. The number of hydrogen-bond donors (Lipinski definition) is 2. The summed E-state index contributed by atoms with van der Waals surface area (Å²) in [5.41, 5.74) is 0.380. The van der Waals surface area contributed by atoms with Gasteiger partial charge < -0.3 is 14.6 Å². The van der Waals surface area contributed by atoms with Gasteiger partial charge in [0.2, 0.25) is 5.91 Å². The third-order valence-corrected chi connectivity index (χ3v) is 2.34. The molecule has 6 heteroatoms. The number of methoxy groups -OCH3 is 1. The molecular weight excluding hydrogens is 218 g/mol. The van der Waals surface area contributed by atoms with Crippen molar-refractivity contribution in [2.75, 3.05) is 12.4 Å². The third-order valence-electron chi connectivity index (χ3n) is 1.68. The smallest absolute Gasteiger partial charge is 0.221 e. The molecule has 1 amide bonds. The molecule has 1 unspecified atom stereocenters. The Hall–Kier alpha value is -1.40. The van der Waals surface area contributed by atoms with Gasteiger partial charge in [-0.1, -0.05) is 0 Å². The number of ether oxygens (including phenoxy) is 1. The molecule has 0 radical (unpaired) electrons. The Morgan fingerprint density at radius 1 is 1.53 bits per heavy atom. The number of rotatable bonds is 3. The lowest BCUT2D eigenvalue weighted by atomic mass is 10.3. The van der Waals surface area contributed by atoms with E-state index in [0.717, 1.165) is 0 Å². The van der Waals surface area contributed by atoms with E-state index in [-0.39, 0.29) is 10.8 Å². The summed E-state index contributed by atoms with van der Waals surface area (Å²) in [6.45, 7) is 1.35. The quantitative estimate of drug-likeness (QED) is 0.764. The fraction of sp³-hybridized carbons (Fsp3) is 0.222. The average Bonchev–Trinajstić information content (AvgIpc) is 2.16. The summed E-state index contributed by atoms with van der Waals surface area (Å²) < 4.78 is 24.6. The first-order chi connectivity index (χ1) is 7.04. The summed E-state index contributed by atoms with van der Waals surface area (Å²) in [4.78, 5) is 11.1. The van der Waals surface area contributed by atoms with Crippen LogP contribution in [0.3, 0.4) is 0 Å². The second-order valence-corrected chi connectivity index (χ2v) is 3.76. The van der Waals surface area contributed by atoms with Crippen LogP contribution in [0.5, 0.6) is 5.75 Å². The molecule has 0 saturated carbocycles. The van der Waals surface area contributed by atoms with Crippen LogP contribution in [0.2, 0.25) is 0 Å². The third kappa shape index (κ3) is 3.03. The first kappa shape index (κ1) is 11.7. The molecule has 0 saturated heterocycles. The predicted octanol–water partition coefficient (Wildman–Crippen LogP) is 1.23. The van der Waals surface area contributed by atoms with E-state index >= 15 is 0 Å². The lowest BCUT2D eigenvalue weighted by Gasteiger charge is -2.09. The Morgan fingerprint density at radius 3 is 2.67 bits per heavy atom. The van der Waals surface area contributed by atoms with Crippen LogP contribution in [0, 0.1) is 0 Å². The standard InChI is InChI=1S/C9H11NO4S/c1-6(11)10-8-5-7(15(12)13)3-4-9(8)14-2/h3-5H,1-2H3,(H,10,11)(H,12,13). The molecule has 0 aromatic heterocycles. The Kier molecular flexibility index (Phi) is 3.81. The Bertz CT molecular complexity index is 405. The lowest BCUT2D eigenvalue weighted by molar-refractivity contribution is -0.114. The van der Waals surface area contributed by atoms with Crippen molar-refractivity contribution >= 4 is 22.7 Å². The molecule has 1 aromatic carbocycles.